The van der Waals surface area contributed by atoms with Crippen molar-refractivity contribution in [3.8, 4) is 0 Å². The third-order valence-corrected chi connectivity index (χ3v) is 2.87. The molecular weight excluding hydrogens is 232 g/mol. The average Bonchev–Trinajstić information content (AvgIpc) is 2.49. The number of amides is 1. The van der Waals surface area contributed by atoms with Crippen molar-refractivity contribution in [2.75, 3.05) is 39.3 Å². The molecule has 5 heteroatoms. The maximum absolute atomic E-state index is 11.9. The van der Waals surface area contributed by atoms with Crippen molar-refractivity contribution in [1.82, 2.24) is 9.80 Å². The molecular formula is C13H26N2O3. The first kappa shape index (κ1) is 15.2. The minimum absolute atomic E-state index is 0.216. The van der Waals surface area contributed by atoms with Crippen LogP contribution in [0.4, 0.5) is 4.79 Å². The summed E-state index contributed by atoms with van der Waals surface area (Å²) in [5.74, 6) is 0. The number of aliphatic hydroxyl groups excluding tert-OH is 1. The number of carbonyl (C=O) groups excluding carboxylic acids is 1. The Kier molecular flexibility index (Phi) is 5.88. The normalized spacial score (nSPS) is 18.6. The Morgan fingerprint density at radius 1 is 1.22 bits per heavy atom. The smallest absolute Gasteiger partial charge is 0.410 e. The zero-order chi connectivity index (χ0) is 13.6. The Bertz CT molecular complexity index is 263. The molecule has 0 atom stereocenters. The second-order valence-electron chi connectivity index (χ2n) is 5.74. The second-order valence-corrected chi connectivity index (χ2v) is 5.74. The highest BCUT2D eigenvalue weighted by molar-refractivity contribution is 5.68. The van der Waals surface area contributed by atoms with E-state index in [-0.39, 0.29) is 12.7 Å². The fraction of sp³-hybridized carbons (Fsp3) is 0.923. The molecule has 5 nitrogen and oxygen atoms in total. The van der Waals surface area contributed by atoms with E-state index >= 15 is 0 Å². The SMILES string of the molecule is CC(C)(C)OC(=O)N1CCCN(CCCO)CC1. The summed E-state index contributed by atoms with van der Waals surface area (Å²) in [4.78, 5) is 16.0. The maximum atomic E-state index is 11.9. The Hall–Kier alpha value is -0.810. The Morgan fingerprint density at radius 2 is 1.94 bits per heavy atom. The molecule has 1 aliphatic rings. The summed E-state index contributed by atoms with van der Waals surface area (Å²) in [6, 6.07) is 0. The standard InChI is InChI=1S/C13H26N2O3/c1-13(2,3)18-12(17)15-8-4-6-14(9-10-15)7-5-11-16/h16H,4-11H2,1-3H3. The van der Waals surface area contributed by atoms with Crippen molar-refractivity contribution in [2.24, 2.45) is 0 Å². The van der Waals surface area contributed by atoms with Crippen LogP contribution in [0.5, 0.6) is 0 Å². The van der Waals surface area contributed by atoms with Gasteiger partial charge in [-0.15, -0.1) is 0 Å². The van der Waals surface area contributed by atoms with E-state index < -0.39 is 5.60 Å². The molecule has 18 heavy (non-hydrogen) atoms. The lowest BCUT2D eigenvalue weighted by molar-refractivity contribution is 0.0257. The number of carbonyl (C=O) groups is 1. The third-order valence-electron chi connectivity index (χ3n) is 2.87. The summed E-state index contributed by atoms with van der Waals surface area (Å²) in [6.07, 6.45) is 1.54. The van der Waals surface area contributed by atoms with Gasteiger partial charge in [0.25, 0.3) is 0 Å². The molecule has 1 aliphatic heterocycles. The highest BCUT2D eigenvalue weighted by Crippen LogP contribution is 2.12. The van der Waals surface area contributed by atoms with Crippen molar-refractivity contribution in [3.05, 3.63) is 0 Å². The summed E-state index contributed by atoms with van der Waals surface area (Å²) >= 11 is 0. The lowest BCUT2D eigenvalue weighted by Gasteiger charge is -2.26. The van der Waals surface area contributed by atoms with Gasteiger partial charge in [-0.2, -0.15) is 0 Å². The lowest BCUT2D eigenvalue weighted by atomic mass is 10.2. The molecule has 0 aromatic rings. The van der Waals surface area contributed by atoms with Crippen LogP contribution in [-0.4, -0.2) is 65.9 Å². The molecule has 1 N–H and O–H groups in total. The summed E-state index contributed by atoms with van der Waals surface area (Å²) < 4.78 is 5.38. The van der Waals surface area contributed by atoms with Crippen LogP contribution in [0, 0.1) is 0 Å². The molecule has 0 unspecified atom stereocenters. The van der Waals surface area contributed by atoms with Gasteiger partial charge in [0.15, 0.2) is 0 Å². The monoisotopic (exact) mass is 258 g/mol. The van der Waals surface area contributed by atoms with E-state index in [1.165, 1.54) is 0 Å². The van der Waals surface area contributed by atoms with E-state index in [9.17, 15) is 4.79 Å². The first-order valence-corrected chi connectivity index (χ1v) is 6.73. The molecule has 0 radical (unpaired) electrons. The minimum atomic E-state index is -0.431. The van der Waals surface area contributed by atoms with Gasteiger partial charge >= 0.3 is 6.09 Å². The van der Waals surface area contributed by atoms with Gasteiger partial charge in [-0.05, 0) is 40.2 Å². The predicted molar refractivity (Wildman–Crippen MR) is 70.6 cm³/mol. The molecule has 0 aliphatic carbocycles. The topological polar surface area (TPSA) is 53.0 Å². The third kappa shape index (κ3) is 5.69. The Morgan fingerprint density at radius 3 is 2.56 bits per heavy atom. The first-order valence-electron chi connectivity index (χ1n) is 6.73. The molecule has 0 bridgehead atoms. The highest BCUT2D eigenvalue weighted by atomic mass is 16.6. The van der Waals surface area contributed by atoms with Gasteiger partial charge < -0.3 is 19.6 Å². The number of hydrogen-bond donors (Lipinski definition) is 1. The zero-order valence-electron chi connectivity index (χ0n) is 11.8. The molecule has 106 valence electrons. The first-order chi connectivity index (χ1) is 8.42. The van der Waals surface area contributed by atoms with Crippen molar-refractivity contribution < 1.29 is 14.6 Å². The van der Waals surface area contributed by atoms with Crippen LogP contribution in [-0.2, 0) is 4.74 Å². The zero-order valence-corrected chi connectivity index (χ0v) is 11.8. The van der Waals surface area contributed by atoms with Crippen LogP contribution in [0.3, 0.4) is 0 Å². The number of hydrogen-bond acceptors (Lipinski definition) is 4. The van der Waals surface area contributed by atoms with Crippen LogP contribution in [0.1, 0.15) is 33.6 Å². The van der Waals surface area contributed by atoms with Crippen LogP contribution in [0.25, 0.3) is 0 Å². The minimum Gasteiger partial charge on any atom is -0.444 e. The van der Waals surface area contributed by atoms with Gasteiger partial charge in [0.2, 0.25) is 0 Å². The Labute approximate surface area is 110 Å². The van der Waals surface area contributed by atoms with Crippen molar-refractivity contribution in [3.63, 3.8) is 0 Å². The van der Waals surface area contributed by atoms with Gasteiger partial charge in [-0.3, -0.25) is 0 Å². The van der Waals surface area contributed by atoms with Gasteiger partial charge in [0, 0.05) is 32.8 Å². The van der Waals surface area contributed by atoms with E-state index in [1.807, 2.05) is 20.8 Å². The van der Waals surface area contributed by atoms with Crippen LogP contribution in [0.15, 0.2) is 0 Å². The average molecular weight is 258 g/mol. The van der Waals surface area contributed by atoms with Crippen LogP contribution < -0.4 is 0 Å². The van der Waals surface area contributed by atoms with Crippen molar-refractivity contribution in [1.29, 1.82) is 0 Å². The number of ether oxygens (including phenoxy) is 1. The molecule has 1 heterocycles. The van der Waals surface area contributed by atoms with E-state index in [2.05, 4.69) is 4.90 Å². The van der Waals surface area contributed by atoms with Gasteiger partial charge in [0.1, 0.15) is 5.60 Å². The fourth-order valence-electron chi connectivity index (χ4n) is 2.00. The number of rotatable bonds is 3. The summed E-state index contributed by atoms with van der Waals surface area (Å²) in [5.41, 5.74) is -0.431. The van der Waals surface area contributed by atoms with Crippen molar-refractivity contribution in [2.45, 2.75) is 39.2 Å². The molecule has 0 aromatic heterocycles. The number of nitrogens with zero attached hydrogens (tertiary/aromatic N) is 2. The summed E-state index contributed by atoms with van der Waals surface area (Å²) in [5, 5.41) is 8.82. The second kappa shape index (κ2) is 6.95. The molecule has 1 saturated heterocycles. The van der Waals surface area contributed by atoms with E-state index in [0.29, 0.717) is 6.54 Å². The molecule has 0 spiro atoms. The molecule has 0 saturated carbocycles. The van der Waals surface area contributed by atoms with E-state index in [0.717, 1.165) is 39.0 Å². The van der Waals surface area contributed by atoms with E-state index in [4.69, 9.17) is 9.84 Å². The maximum Gasteiger partial charge on any atom is 0.410 e. The van der Waals surface area contributed by atoms with Gasteiger partial charge in [0.05, 0.1) is 0 Å². The summed E-state index contributed by atoms with van der Waals surface area (Å²) in [7, 11) is 0. The van der Waals surface area contributed by atoms with E-state index in [1.54, 1.807) is 4.90 Å². The highest BCUT2D eigenvalue weighted by Gasteiger charge is 2.24. The van der Waals surface area contributed by atoms with Gasteiger partial charge in [-0.1, -0.05) is 0 Å². The summed E-state index contributed by atoms with van der Waals surface area (Å²) in [6.45, 7) is 10.1. The fourth-order valence-corrected chi connectivity index (χ4v) is 2.00. The molecule has 0 aromatic carbocycles. The molecule has 1 rings (SSSR count). The molecule has 1 fully saturated rings. The van der Waals surface area contributed by atoms with Gasteiger partial charge in [-0.25, -0.2) is 4.79 Å². The molecule has 1 amide bonds. The van der Waals surface area contributed by atoms with Crippen molar-refractivity contribution >= 4 is 6.09 Å². The quantitative estimate of drug-likeness (QED) is 0.829. The Balaban J connectivity index is 2.39. The van der Waals surface area contributed by atoms with Crippen LogP contribution >= 0.6 is 0 Å². The largest absolute Gasteiger partial charge is 0.444 e. The lowest BCUT2D eigenvalue weighted by Crippen LogP contribution is -2.39. The number of aliphatic hydroxyl groups is 1. The predicted octanol–water partition coefficient (Wildman–Crippen LogP) is 1.31. The van der Waals surface area contributed by atoms with Crippen LogP contribution in [0.2, 0.25) is 0 Å².